The van der Waals surface area contributed by atoms with E-state index in [1.54, 1.807) is 29.8 Å². The van der Waals surface area contributed by atoms with E-state index in [9.17, 15) is 4.79 Å². The van der Waals surface area contributed by atoms with Gasteiger partial charge in [-0.1, -0.05) is 6.92 Å². The second-order valence-electron chi connectivity index (χ2n) is 6.71. The van der Waals surface area contributed by atoms with Gasteiger partial charge in [0.25, 0.3) is 0 Å². The van der Waals surface area contributed by atoms with E-state index in [0.717, 1.165) is 35.5 Å². The van der Waals surface area contributed by atoms with Crippen LogP contribution in [0.1, 0.15) is 35.4 Å². The third-order valence-corrected chi connectivity index (χ3v) is 6.81. The molecule has 0 bridgehead atoms. The van der Waals surface area contributed by atoms with Crippen molar-refractivity contribution in [2.45, 2.75) is 42.8 Å². The molecule has 0 saturated heterocycles. The van der Waals surface area contributed by atoms with Crippen LogP contribution in [0.4, 0.5) is 10.5 Å². The first kappa shape index (κ1) is 19.0. The number of aryl methyl sites for hydroxylation is 1. The lowest BCUT2D eigenvalue weighted by molar-refractivity contribution is 0.181. The van der Waals surface area contributed by atoms with Gasteiger partial charge >= 0.3 is 6.03 Å². The summed E-state index contributed by atoms with van der Waals surface area (Å²) in [6.45, 7) is 4.91. The smallest absolute Gasteiger partial charge is 0.317 e. The Morgan fingerprint density at radius 3 is 2.89 bits per heavy atom. The van der Waals surface area contributed by atoms with Crippen LogP contribution in [0.25, 0.3) is 0 Å². The van der Waals surface area contributed by atoms with Crippen LogP contribution >= 0.6 is 23.1 Å². The molecule has 0 fully saturated rings. The summed E-state index contributed by atoms with van der Waals surface area (Å²) in [5, 5.41) is 5.95. The first-order chi connectivity index (χ1) is 13.7. The van der Waals surface area contributed by atoms with Gasteiger partial charge in [-0.3, -0.25) is 0 Å². The zero-order valence-corrected chi connectivity index (χ0v) is 17.5. The lowest BCUT2D eigenvalue weighted by Crippen LogP contribution is -2.41. The van der Waals surface area contributed by atoms with Gasteiger partial charge in [-0.2, -0.15) is 0 Å². The van der Waals surface area contributed by atoms with E-state index in [0.29, 0.717) is 5.16 Å². The number of thiophene rings is 1. The quantitative estimate of drug-likeness (QED) is 0.574. The van der Waals surface area contributed by atoms with Crippen LogP contribution in [-0.2, 0) is 6.42 Å². The van der Waals surface area contributed by atoms with Gasteiger partial charge in [0.2, 0.25) is 0 Å². The molecule has 0 spiro atoms. The zero-order chi connectivity index (χ0) is 19.5. The Balaban J connectivity index is 1.47. The number of fused-ring (bicyclic) bond motifs is 1. The average molecular weight is 411 g/mol. The maximum absolute atomic E-state index is 13.0. The highest BCUT2D eigenvalue weighted by Gasteiger charge is 2.30. The number of hydrogen-bond donors (Lipinski definition) is 1. The zero-order valence-electron chi connectivity index (χ0n) is 15.9. The van der Waals surface area contributed by atoms with Gasteiger partial charge in [-0.15, -0.1) is 11.3 Å². The molecule has 1 N–H and O–H groups in total. The van der Waals surface area contributed by atoms with Gasteiger partial charge in [0.1, 0.15) is 0 Å². The number of carbonyl (C=O) groups is 1. The van der Waals surface area contributed by atoms with Crippen molar-refractivity contribution in [3.63, 3.8) is 0 Å². The van der Waals surface area contributed by atoms with Crippen LogP contribution in [0.2, 0.25) is 0 Å². The number of urea groups is 1. The number of amides is 2. The molecule has 4 rings (SSSR count). The van der Waals surface area contributed by atoms with E-state index in [4.69, 9.17) is 0 Å². The largest absolute Gasteiger partial charge is 0.322 e. The van der Waals surface area contributed by atoms with Gasteiger partial charge < -0.3 is 10.2 Å². The summed E-state index contributed by atoms with van der Waals surface area (Å²) in [5.41, 5.74) is 3.17. The molecule has 5 nitrogen and oxygen atoms in total. The highest BCUT2D eigenvalue weighted by Crippen LogP contribution is 2.36. The van der Waals surface area contributed by atoms with Crippen molar-refractivity contribution < 1.29 is 4.79 Å². The summed E-state index contributed by atoms with van der Waals surface area (Å²) in [6, 6.07) is 10.1. The number of carbonyl (C=O) groups excluding carboxylic acids is 1. The third kappa shape index (κ3) is 3.91. The van der Waals surface area contributed by atoms with E-state index < -0.39 is 0 Å². The Kier molecular flexibility index (Phi) is 5.64. The Morgan fingerprint density at radius 1 is 1.32 bits per heavy atom. The van der Waals surface area contributed by atoms with Crippen LogP contribution in [-0.4, -0.2) is 27.4 Å². The SMILES string of the molecule is CCC1c2ccsc2CCN1C(=O)Nc1ccc(Sc2ncccn2)cc1C. The molecular formula is C21H22N4OS2. The van der Waals surface area contributed by atoms with E-state index >= 15 is 0 Å². The maximum Gasteiger partial charge on any atom is 0.322 e. The molecule has 7 heteroatoms. The molecule has 1 aliphatic heterocycles. The van der Waals surface area contributed by atoms with Crippen molar-refractivity contribution in [2.24, 2.45) is 0 Å². The van der Waals surface area contributed by atoms with Crippen LogP contribution in [0, 0.1) is 6.92 Å². The summed E-state index contributed by atoms with van der Waals surface area (Å²) in [5.74, 6) is 0. The number of rotatable bonds is 4. The Bertz CT molecular complexity index is 974. The number of anilines is 1. The Labute approximate surface area is 173 Å². The van der Waals surface area contributed by atoms with E-state index in [1.807, 2.05) is 24.0 Å². The topological polar surface area (TPSA) is 58.1 Å². The van der Waals surface area contributed by atoms with Crippen molar-refractivity contribution in [3.8, 4) is 0 Å². The molecule has 0 saturated carbocycles. The van der Waals surface area contributed by atoms with E-state index in [1.165, 1.54) is 22.2 Å². The fourth-order valence-corrected chi connectivity index (χ4v) is 5.29. The second kappa shape index (κ2) is 8.32. The van der Waals surface area contributed by atoms with Gasteiger partial charge in [0, 0.05) is 34.4 Å². The highest BCUT2D eigenvalue weighted by molar-refractivity contribution is 7.99. The first-order valence-corrected chi connectivity index (χ1v) is 11.0. The Hall–Kier alpha value is -2.38. The lowest BCUT2D eigenvalue weighted by Gasteiger charge is -2.35. The molecule has 1 atom stereocenters. The van der Waals surface area contributed by atoms with Crippen molar-refractivity contribution in [3.05, 3.63) is 64.1 Å². The molecule has 3 heterocycles. The summed E-state index contributed by atoms with van der Waals surface area (Å²) in [4.78, 5) is 25.9. The highest BCUT2D eigenvalue weighted by atomic mass is 32.2. The van der Waals surface area contributed by atoms with Gasteiger partial charge in [0.05, 0.1) is 6.04 Å². The predicted octanol–water partition coefficient (Wildman–Crippen LogP) is 5.54. The molecule has 0 aliphatic carbocycles. The van der Waals surface area contributed by atoms with Gasteiger partial charge in [-0.05, 0) is 78.4 Å². The number of hydrogen-bond acceptors (Lipinski definition) is 5. The molecule has 0 radical (unpaired) electrons. The van der Waals surface area contributed by atoms with E-state index in [2.05, 4.69) is 39.7 Å². The first-order valence-electron chi connectivity index (χ1n) is 9.35. The minimum absolute atomic E-state index is 0.0291. The number of benzene rings is 1. The molecule has 144 valence electrons. The van der Waals surface area contributed by atoms with Crippen molar-refractivity contribution >= 4 is 34.8 Å². The summed E-state index contributed by atoms with van der Waals surface area (Å²) in [6.07, 6.45) is 5.32. The van der Waals surface area contributed by atoms with Crippen molar-refractivity contribution in [2.75, 3.05) is 11.9 Å². The molecule has 28 heavy (non-hydrogen) atoms. The fraction of sp³-hybridized carbons (Fsp3) is 0.286. The predicted molar refractivity (Wildman–Crippen MR) is 114 cm³/mol. The molecule has 1 aliphatic rings. The number of aromatic nitrogens is 2. The van der Waals surface area contributed by atoms with Crippen LogP contribution in [0.3, 0.4) is 0 Å². The summed E-state index contributed by atoms with van der Waals surface area (Å²) in [7, 11) is 0. The van der Waals surface area contributed by atoms with Crippen LogP contribution < -0.4 is 5.32 Å². The average Bonchev–Trinajstić information content (AvgIpc) is 3.19. The third-order valence-electron chi connectivity index (χ3n) is 4.93. The van der Waals surface area contributed by atoms with Gasteiger partial charge in [0.15, 0.2) is 5.16 Å². The Morgan fingerprint density at radius 2 is 2.14 bits per heavy atom. The number of nitrogens with one attached hydrogen (secondary N) is 1. The van der Waals surface area contributed by atoms with Crippen LogP contribution in [0.5, 0.6) is 0 Å². The summed E-state index contributed by atoms with van der Waals surface area (Å²) >= 11 is 3.31. The lowest BCUT2D eigenvalue weighted by atomic mass is 9.98. The molecule has 1 aromatic carbocycles. The standard InChI is InChI=1S/C21H22N4OS2/c1-3-18-16-8-12-27-19(16)7-11-25(18)21(26)24-17-6-5-15(13-14(17)2)28-20-22-9-4-10-23-20/h4-6,8-10,12-13,18H,3,7,11H2,1-2H3,(H,24,26). The van der Waals surface area contributed by atoms with Crippen LogP contribution in [0.15, 0.2) is 58.2 Å². The van der Waals surface area contributed by atoms with E-state index in [-0.39, 0.29) is 12.1 Å². The molecular weight excluding hydrogens is 388 g/mol. The molecule has 3 aromatic rings. The number of nitrogens with zero attached hydrogens (tertiary/aromatic N) is 3. The van der Waals surface area contributed by atoms with Gasteiger partial charge in [-0.25, -0.2) is 14.8 Å². The normalized spacial score (nSPS) is 15.9. The molecule has 1 unspecified atom stereocenters. The molecule has 2 aromatic heterocycles. The second-order valence-corrected chi connectivity index (χ2v) is 8.75. The van der Waals surface area contributed by atoms with Crippen molar-refractivity contribution in [1.82, 2.24) is 14.9 Å². The fourth-order valence-electron chi connectivity index (χ4n) is 3.55. The maximum atomic E-state index is 13.0. The summed E-state index contributed by atoms with van der Waals surface area (Å²) < 4.78 is 0. The van der Waals surface area contributed by atoms with Crippen molar-refractivity contribution in [1.29, 1.82) is 0 Å². The minimum Gasteiger partial charge on any atom is -0.317 e. The minimum atomic E-state index is -0.0291. The molecule has 2 amide bonds. The monoisotopic (exact) mass is 410 g/mol.